The number of nitrogens with two attached hydrogens (primary N) is 1. The van der Waals surface area contributed by atoms with Gasteiger partial charge in [-0.05, 0) is 24.8 Å². The number of amides is 1. The molecule has 3 aromatic heterocycles. The van der Waals surface area contributed by atoms with Crippen LogP contribution in [0.1, 0.15) is 33.1 Å². The monoisotopic (exact) mass is 445 g/mol. The van der Waals surface area contributed by atoms with E-state index in [9.17, 15) is 9.18 Å². The number of rotatable bonds is 5. The van der Waals surface area contributed by atoms with E-state index in [2.05, 4.69) is 20.3 Å². The van der Waals surface area contributed by atoms with Gasteiger partial charge in [0.25, 0.3) is 0 Å². The van der Waals surface area contributed by atoms with Crippen LogP contribution in [-0.2, 0) is 4.79 Å². The van der Waals surface area contributed by atoms with E-state index in [4.69, 9.17) is 17.4 Å². The van der Waals surface area contributed by atoms with Gasteiger partial charge in [-0.15, -0.1) is 0 Å². The molecule has 164 valence electrons. The highest BCUT2D eigenvalue weighted by Gasteiger charge is 2.25. The summed E-state index contributed by atoms with van der Waals surface area (Å²) in [5.74, 6) is 6.27. The lowest BCUT2D eigenvalue weighted by Gasteiger charge is -2.34. The summed E-state index contributed by atoms with van der Waals surface area (Å²) in [6.07, 6.45) is 6.46. The van der Waals surface area contributed by atoms with Crippen molar-refractivity contribution in [1.29, 1.82) is 0 Å². The summed E-state index contributed by atoms with van der Waals surface area (Å²) in [5.41, 5.74) is 1.13. The number of nitrogens with zero attached hydrogens (tertiary/aromatic N) is 5. The maximum atomic E-state index is 14.5. The smallest absolute Gasteiger partial charge is 0.222 e. The van der Waals surface area contributed by atoms with Crippen molar-refractivity contribution in [3.63, 3.8) is 0 Å². The average molecular weight is 446 g/mol. The standard InChI is InChI=1S/C21H25ClFN7O/c1-12(2)6-18(31)29-5-3-4-14(10-29)27-20-17(23)9-25-19(28-20)16-11-30(24)21-15(16)7-13(22)8-26-21/h7-9,11-12,14H,3-6,10,24H2,1-2H3,(H,25,27,28). The zero-order valence-corrected chi connectivity index (χ0v) is 18.2. The van der Waals surface area contributed by atoms with Crippen molar-refractivity contribution in [2.24, 2.45) is 5.92 Å². The van der Waals surface area contributed by atoms with Gasteiger partial charge in [0.1, 0.15) is 0 Å². The summed E-state index contributed by atoms with van der Waals surface area (Å²) in [5, 5.41) is 4.29. The summed E-state index contributed by atoms with van der Waals surface area (Å²) in [6, 6.07) is 1.64. The fraction of sp³-hybridized carbons (Fsp3) is 0.429. The Hall–Kier alpha value is -2.94. The minimum absolute atomic E-state index is 0.0888. The normalized spacial score (nSPS) is 16.8. The third kappa shape index (κ3) is 4.56. The predicted molar refractivity (Wildman–Crippen MR) is 119 cm³/mol. The lowest BCUT2D eigenvalue weighted by atomic mass is 10.0. The number of nitrogen functional groups attached to an aromatic ring is 1. The van der Waals surface area contributed by atoms with Crippen molar-refractivity contribution in [3.8, 4) is 11.4 Å². The van der Waals surface area contributed by atoms with Crippen LogP contribution in [0.25, 0.3) is 22.4 Å². The van der Waals surface area contributed by atoms with Gasteiger partial charge < -0.3 is 16.1 Å². The first-order chi connectivity index (χ1) is 14.8. The van der Waals surface area contributed by atoms with Gasteiger partial charge in [-0.1, -0.05) is 25.4 Å². The summed E-state index contributed by atoms with van der Waals surface area (Å²) in [4.78, 5) is 27.1. The van der Waals surface area contributed by atoms with Crippen LogP contribution in [0, 0.1) is 11.7 Å². The van der Waals surface area contributed by atoms with Gasteiger partial charge in [0.15, 0.2) is 23.1 Å². The number of hydrogen-bond acceptors (Lipinski definition) is 6. The first kappa shape index (κ1) is 21.3. The molecule has 0 radical (unpaired) electrons. The third-order valence-electron chi connectivity index (χ3n) is 5.32. The lowest BCUT2D eigenvalue weighted by molar-refractivity contribution is -0.133. The Morgan fingerprint density at radius 3 is 2.97 bits per heavy atom. The molecule has 4 rings (SSSR count). The highest BCUT2D eigenvalue weighted by atomic mass is 35.5. The molecule has 0 bridgehead atoms. The Morgan fingerprint density at radius 1 is 1.39 bits per heavy atom. The quantitative estimate of drug-likeness (QED) is 0.583. The molecule has 1 atom stereocenters. The number of pyridine rings is 1. The topological polar surface area (TPSA) is 102 Å². The molecule has 1 aliphatic rings. The average Bonchev–Trinajstić information content (AvgIpc) is 3.05. The van der Waals surface area contributed by atoms with Gasteiger partial charge in [-0.25, -0.2) is 19.3 Å². The molecule has 4 heterocycles. The number of anilines is 1. The molecule has 0 aliphatic carbocycles. The highest BCUT2D eigenvalue weighted by Crippen LogP contribution is 2.29. The van der Waals surface area contributed by atoms with Gasteiger partial charge in [0.2, 0.25) is 5.91 Å². The number of halogens is 2. The highest BCUT2D eigenvalue weighted by molar-refractivity contribution is 6.31. The van der Waals surface area contributed by atoms with Crippen LogP contribution in [0.2, 0.25) is 5.02 Å². The lowest BCUT2D eigenvalue weighted by Crippen LogP contribution is -2.45. The predicted octanol–water partition coefficient (Wildman–Crippen LogP) is 3.45. The largest absolute Gasteiger partial charge is 0.363 e. The Labute approximate surface area is 184 Å². The maximum absolute atomic E-state index is 14.5. The van der Waals surface area contributed by atoms with E-state index >= 15 is 0 Å². The van der Waals surface area contributed by atoms with Crippen LogP contribution in [0.4, 0.5) is 10.2 Å². The van der Waals surface area contributed by atoms with Crippen molar-refractivity contribution in [1.82, 2.24) is 24.5 Å². The van der Waals surface area contributed by atoms with E-state index in [0.29, 0.717) is 46.3 Å². The van der Waals surface area contributed by atoms with E-state index in [1.807, 2.05) is 18.7 Å². The van der Waals surface area contributed by atoms with Gasteiger partial charge >= 0.3 is 0 Å². The fourth-order valence-electron chi connectivity index (χ4n) is 3.88. The molecule has 8 nitrogen and oxygen atoms in total. The molecule has 31 heavy (non-hydrogen) atoms. The molecule has 1 amide bonds. The molecule has 3 N–H and O–H groups in total. The molecular weight excluding hydrogens is 421 g/mol. The molecule has 0 spiro atoms. The number of hydrogen-bond donors (Lipinski definition) is 2. The summed E-state index contributed by atoms with van der Waals surface area (Å²) >= 11 is 6.09. The number of carbonyl (C=O) groups excluding carboxylic acids is 1. The van der Waals surface area contributed by atoms with Crippen molar-refractivity contribution < 1.29 is 9.18 Å². The first-order valence-electron chi connectivity index (χ1n) is 10.3. The van der Waals surface area contributed by atoms with Crippen LogP contribution >= 0.6 is 11.6 Å². The van der Waals surface area contributed by atoms with Gasteiger partial charge in [-0.2, -0.15) is 0 Å². The number of piperidine rings is 1. The van der Waals surface area contributed by atoms with Crippen molar-refractivity contribution in [3.05, 3.63) is 35.5 Å². The second-order valence-electron chi connectivity index (χ2n) is 8.29. The molecule has 0 aromatic carbocycles. The van der Waals surface area contributed by atoms with Crippen molar-refractivity contribution >= 4 is 34.4 Å². The van der Waals surface area contributed by atoms with Gasteiger partial charge in [-0.3, -0.25) is 9.47 Å². The Kier molecular flexibility index (Phi) is 5.95. The number of fused-ring (bicyclic) bond motifs is 1. The van der Waals surface area contributed by atoms with Gasteiger partial charge in [0, 0.05) is 48.9 Å². The summed E-state index contributed by atoms with van der Waals surface area (Å²) in [6.45, 7) is 5.30. The Bertz CT molecular complexity index is 1120. The maximum Gasteiger partial charge on any atom is 0.222 e. The molecule has 1 aliphatic heterocycles. The zero-order chi connectivity index (χ0) is 22.1. The van der Waals surface area contributed by atoms with Crippen molar-refractivity contribution in [2.75, 3.05) is 24.2 Å². The molecule has 1 saturated heterocycles. The molecule has 10 heteroatoms. The fourth-order valence-corrected chi connectivity index (χ4v) is 4.03. The molecule has 1 unspecified atom stereocenters. The van der Waals surface area contributed by atoms with Crippen LogP contribution in [0.5, 0.6) is 0 Å². The molecular formula is C21H25ClFN7O. The number of carbonyl (C=O) groups is 1. The van der Waals surface area contributed by atoms with Crippen LogP contribution in [0.15, 0.2) is 24.7 Å². The minimum atomic E-state index is -0.554. The SMILES string of the molecule is CC(C)CC(=O)N1CCCC(Nc2nc(-c3cn(N)c4ncc(Cl)cc34)ncc2F)C1. The molecule has 3 aromatic rings. The van der Waals surface area contributed by atoms with E-state index in [1.165, 1.54) is 10.9 Å². The van der Waals surface area contributed by atoms with E-state index in [1.54, 1.807) is 12.3 Å². The first-order valence-corrected chi connectivity index (χ1v) is 10.7. The van der Waals surface area contributed by atoms with Gasteiger partial charge in [0.05, 0.1) is 11.2 Å². The number of likely N-dealkylation sites (tertiary alicyclic amines) is 1. The summed E-state index contributed by atoms with van der Waals surface area (Å²) in [7, 11) is 0. The van der Waals surface area contributed by atoms with Crippen molar-refractivity contribution in [2.45, 2.75) is 39.2 Å². The number of nitrogens with one attached hydrogen (secondary N) is 1. The molecule has 1 fully saturated rings. The van der Waals surface area contributed by atoms with E-state index in [-0.39, 0.29) is 17.8 Å². The minimum Gasteiger partial charge on any atom is -0.363 e. The Balaban J connectivity index is 1.58. The summed E-state index contributed by atoms with van der Waals surface area (Å²) < 4.78 is 15.9. The second-order valence-corrected chi connectivity index (χ2v) is 8.72. The van der Waals surface area contributed by atoms with Crippen LogP contribution < -0.4 is 11.2 Å². The van der Waals surface area contributed by atoms with E-state index < -0.39 is 5.82 Å². The van der Waals surface area contributed by atoms with Crippen LogP contribution in [-0.4, -0.2) is 49.6 Å². The van der Waals surface area contributed by atoms with E-state index in [0.717, 1.165) is 25.6 Å². The Morgan fingerprint density at radius 2 is 2.19 bits per heavy atom. The third-order valence-corrected chi connectivity index (χ3v) is 5.53. The van der Waals surface area contributed by atoms with Crippen LogP contribution in [0.3, 0.4) is 0 Å². The zero-order valence-electron chi connectivity index (χ0n) is 17.5. The molecule has 0 saturated carbocycles. The second kappa shape index (κ2) is 8.66. The number of aromatic nitrogens is 4.